The van der Waals surface area contributed by atoms with Crippen molar-refractivity contribution in [2.24, 2.45) is 7.05 Å². The Morgan fingerprint density at radius 3 is 2.58 bits per heavy atom. The summed E-state index contributed by atoms with van der Waals surface area (Å²) in [5, 5.41) is 3.96. The third-order valence-corrected chi connectivity index (χ3v) is 5.48. The highest BCUT2D eigenvalue weighted by Crippen LogP contribution is 2.27. The van der Waals surface area contributed by atoms with E-state index in [9.17, 15) is 8.42 Å². The van der Waals surface area contributed by atoms with E-state index in [1.54, 1.807) is 10.5 Å². The lowest BCUT2D eigenvalue weighted by Gasteiger charge is -2.26. The summed E-state index contributed by atoms with van der Waals surface area (Å²) in [6, 6.07) is 7.60. The summed E-state index contributed by atoms with van der Waals surface area (Å²) in [7, 11) is -1.52. The van der Waals surface area contributed by atoms with Gasteiger partial charge in [0.25, 0.3) is 0 Å². The molecule has 5 nitrogen and oxygen atoms in total. The molecule has 1 fully saturated rings. The van der Waals surface area contributed by atoms with Crippen LogP contribution in [0.25, 0.3) is 10.9 Å². The Kier molecular flexibility index (Phi) is 3.08. The Labute approximate surface area is 112 Å². The van der Waals surface area contributed by atoms with Crippen LogP contribution in [0.4, 0.5) is 0 Å². The Morgan fingerprint density at radius 1 is 1.16 bits per heavy atom. The first kappa shape index (κ1) is 12.7. The number of rotatable bonds is 2. The summed E-state index contributed by atoms with van der Waals surface area (Å²) in [6.07, 6.45) is 1.71. The van der Waals surface area contributed by atoms with Gasteiger partial charge in [-0.3, -0.25) is 0 Å². The van der Waals surface area contributed by atoms with Crippen LogP contribution in [-0.4, -0.2) is 43.5 Å². The summed E-state index contributed by atoms with van der Waals surface area (Å²) in [6.45, 7) is 2.49. The molecule has 3 rings (SSSR count). The average molecular weight is 279 g/mol. The number of aromatic nitrogens is 1. The maximum Gasteiger partial charge on any atom is 0.245 e. The smallest absolute Gasteiger partial charge is 0.245 e. The van der Waals surface area contributed by atoms with Gasteiger partial charge in [0, 0.05) is 50.3 Å². The monoisotopic (exact) mass is 279 g/mol. The number of benzene rings is 1. The second-order valence-corrected chi connectivity index (χ2v) is 6.68. The van der Waals surface area contributed by atoms with Crippen molar-refractivity contribution >= 4 is 20.9 Å². The minimum Gasteiger partial charge on any atom is -0.349 e. The summed E-state index contributed by atoms with van der Waals surface area (Å²) < 4.78 is 28.8. The van der Waals surface area contributed by atoms with E-state index in [0.29, 0.717) is 31.1 Å². The molecule has 19 heavy (non-hydrogen) atoms. The van der Waals surface area contributed by atoms with Gasteiger partial charge in [0.05, 0.1) is 0 Å². The van der Waals surface area contributed by atoms with E-state index in [1.165, 1.54) is 0 Å². The van der Waals surface area contributed by atoms with Gasteiger partial charge in [0.2, 0.25) is 10.0 Å². The first-order chi connectivity index (χ1) is 9.10. The van der Waals surface area contributed by atoms with Crippen LogP contribution < -0.4 is 5.32 Å². The van der Waals surface area contributed by atoms with Crippen LogP contribution in [0.5, 0.6) is 0 Å². The second-order valence-electron chi connectivity index (χ2n) is 4.78. The number of hydrogen-bond donors (Lipinski definition) is 1. The van der Waals surface area contributed by atoms with Gasteiger partial charge >= 0.3 is 0 Å². The van der Waals surface area contributed by atoms with Crippen LogP contribution in [0.2, 0.25) is 0 Å². The molecule has 0 radical (unpaired) electrons. The molecule has 0 saturated carbocycles. The van der Waals surface area contributed by atoms with Crippen LogP contribution in [0.1, 0.15) is 0 Å². The molecule has 1 aliphatic rings. The zero-order valence-corrected chi connectivity index (χ0v) is 11.7. The van der Waals surface area contributed by atoms with Gasteiger partial charge in [0.15, 0.2) is 0 Å². The normalized spacial score (nSPS) is 17.9. The van der Waals surface area contributed by atoms with Crippen LogP contribution >= 0.6 is 0 Å². The number of aryl methyl sites for hydroxylation is 1. The highest BCUT2D eigenvalue weighted by Gasteiger charge is 2.28. The topological polar surface area (TPSA) is 54.3 Å². The van der Waals surface area contributed by atoms with Crippen LogP contribution in [-0.2, 0) is 17.1 Å². The first-order valence-electron chi connectivity index (χ1n) is 6.35. The fraction of sp³-hybridized carbons (Fsp3) is 0.385. The van der Waals surface area contributed by atoms with E-state index in [-0.39, 0.29) is 0 Å². The molecule has 1 aromatic carbocycles. The summed E-state index contributed by atoms with van der Waals surface area (Å²) >= 11 is 0. The molecule has 0 amide bonds. The minimum absolute atomic E-state index is 0.410. The van der Waals surface area contributed by atoms with Gasteiger partial charge in [-0.15, -0.1) is 0 Å². The molecule has 0 unspecified atom stereocenters. The maximum atomic E-state index is 12.7. The molecule has 0 bridgehead atoms. The van der Waals surface area contributed by atoms with Crippen molar-refractivity contribution in [2.75, 3.05) is 26.2 Å². The molecule has 6 heteroatoms. The van der Waals surface area contributed by atoms with Crippen molar-refractivity contribution in [1.29, 1.82) is 0 Å². The molecular weight excluding hydrogens is 262 g/mol. The van der Waals surface area contributed by atoms with Crippen molar-refractivity contribution in [3.63, 3.8) is 0 Å². The fourth-order valence-electron chi connectivity index (χ4n) is 2.53. The van der Waals surface area contributed by atoms with Crippen molar-refractivity contribution in [1.82, 2.24) is 14.2 Å². The molecule has 0 spiro atoms. The van der Waals surface area contributed by atoms with Gasteiger partial charge in [-0.1, -0.05) is 18.2 Å². The van der Waals surface area contributed by atoms with Gasteiger partial charge in [-0.05, 0) is 6.07 Å². The third kappa shape index (κ3) is 2.05. The SMILES string of the molecule is Cn1cc(S(=O)(=O)N2CCNCC2)c2ccccc21. The van der Waals surface area contributed by atoms with Gasteiger partial charge in [0.1, 0.15) is 4.90 Å². The number of hydrogen-bond acceptors (Lipinski definition) is 3. The van der Waals surface area contributed by atoms with Crippen LogP contribution in [0.15, 0.2) is 35.4 Å². The van der Waals surface area contributed by atoms with E-state index in [4.69, 9.17) is 0 Å². The Balaban J connectivity index is 2.13. The molecule has 1 saturated heterocycles. The van der Waals surface area contributed by atoms with Gasteiger partial charge in [-0.25, -0.2) is 8.42 Å². The molecule has 1 aromatic heterocycles. The van der Waals surface area contributed by atoms with Gasteiger partial charge < -0.3 is 9.88 Å². The molecule has 102 valence electrons. The first-order valence-corrected chi connectivity index (χ1v) is 7.79. The average Bonchev–Trinajstić information content (AvgIpc) is 2.79. The standard InChI is InChI=1S/C13H17N3O2S/c1-15-10-13(11-4-2-3-5-12(11)15)19(17,18)16-8-6-14-7-9-16/h2-5,10,14H,6-9H2,1H3. The Hall–Kier alpha value is -1.37. The number of nitrogens with zero attached hydrogens (tertiary/aromatic N) is 2. The van der Waals surface area contributed by atoms with Crippen LogP contribution in [0.3, 0.4) is 0 Å². The second kappa shape index (κ2) is 4.63. The fourth-order valence-corrected chi connectivity index (χ4v) is 4.22. The van der Waals surface area contributed by atoms with Crippen molar-refractivity contribution in [2.45, 2.75) is 4.90 Å². The van der Waals surface area contributed by atoms with Crippen LogP contribution in [0, 0.1) is 0 Å². The molecular formula is C13H17N3O2S. The third-order valence-electron chi connectivity index (χ3n) is 3.55. The van der Waals surface area contributed by atoms with Crippen molar-refractivity contribution in [3.05, 3.63) is 30.5 Å². The molecule has 0 atom stereocenters. The minimum atomic E-state index is -3.40. The highest BCUT2D eigenvalue weighted by atomic mass is 32.2. The summed E-state index contributed by atoms with van der Waals surface area (Å²) in [4.78, 5) is 0.410. The summed E-state index contributed by atoms with van der Waals surface area (Å²) in [5.74, 6) is 0. The molecule has 2 heterocycles. The lowest BCUT2D eigenvalue weighted by atomic mass is 10.2. The number of para-hydroxylation sites is 1. The van der Waals surface area contributed by atoms with Gasteiger partial charge in [-0.2, -0.15) is 4.31 Å². The molecule has 1 aliphatic heterocycles. The molecule has 0 aliphatic carbocycles. The predicted molar refractivity (Wildman–Crippen MR) is 74.5 cm³/mol. The van der Waals surface area contributed by atoms with E-state index < -0.39 is 10.0 Å². The quantitative estimate of drug-likeness (QED) is 0.883. The predicted octanol–water partition coefficient (Wildman–Crippen LogP) is 0.772. The maximum absolute atomic E-state index is 12.7. The van der Waals surface area contributed by atoms with E-state index in [0.717, 1.165) is 10.9 Å². The van der Waals surface area contributed by atoms with Crippen molar-refractivity contribution < 1.29 is 8.42 Å². The lowest BCUT2D eigenvalue weighted by molar-refractivity contribution is 0.360. The zero-order valence-electron chi connectivity index (χ0n) is 10.8. The zero-order chi connectivity index (χ0) is 13.5. The highest BCUT2D eigenvalue weighted by molar-refractivity contribution is 7.89. The lowest BCUT2D eigenvalue weighted by Crippen LogP contribution is -2.46. The molecule has 1 N–H and O–H groups in total. The number of nitrogens with one attached hydrogen (secondary N) is 1. The van der Waals surface area contributed by atoms with E-state index in [1.807, 2.05) is 35.9 Å². The van der Waals surface area contributed by atoms with E-state index in [2.05, 4.69) is 5.32 Å². The Morgan fingerprint density at radius 2 is 1.84 bits per heavy atom. The molecule has 2 aromatic rings. The van der Waals surface area contributed by atoms with E-state index >= 15 is 0 Å². The Bertz CT molecular complexity index is 700. The number of sulfonamides is 1. The largest absolute Gasteiger partial charge is 0.349 e. The van der Waals surface area contributed by atoms with Crippen molar-refractivity contribution in [3.8, 4) is 0 Å². The number of piperazine rings is 1. The summed E-state index contributed by atoms with van der Waals surface area (Å²) in [5.41, 5.74) is 0.941. The number of fused-ring (bicyclic) bond motifs is 1.